The lowest BCUT2D eigenvalue weighted by molar-refractivity contribution is 0.826. The van der Waals surface area contributed by atoms with E-state index in [4.69, 9.17) is 0 Å². The highest BCUT2D eigenvalue weighted by Crippen LogP contribution is 2.34. The third kappa shape index (κ3) is 3.41. The number of benzene rings is 1. The number of aromatic amines is 1. The summed E-state index contributed by atoms with van der Waals surface area (Å²) in [6.07, 6.45) is 3.12. The van der Waals surface area contributed by atoms with Crippen LogP contribution in [-0.2, 0) is 19.4 Å². The molecule has 0 aliphatic rings. The van der Waals surface area contributed by atoms with Crippen LogP contribution in [0.4, 0.5) is 5.82 Å². The number of H-pyrrole nitrogens is 1. The summed E-state index contributed by atoms with van der Waals surface area (Å²) in [6.45, 7) is 4.49. The lowest BCUT2D eigenvalue weighted by atomic mass is 10.0. The molecule has 3 aromatic heterocycles. The summed E-state index contributed by atoms with van der Waals surface area (Å²) in [6, 6.07) is 12.3. The van der Waals surface area contributed by atoms with Crippen LogP contribution in [0.5, 0.6) is 0 Å². The zero-order chi connectivity index (χ0) is 19.5. The normalized spacial score (nSPS) is 11.1. The number of thiophene rings is 1. The quantitative estimate of drug-likeness (QED) is 0.515. The lowest BCUT2D eigenvalue weighted by Crippen LogP contribution is -2.22. The Balaban J connectivity index is 1.68. The van der Waals surface area contributed by atoms with Gasteiger partial charge in [0.2, 0.25) is 0 Å². The summed E-state index contributed by atoms with van der Waals surface area (Å²) in [5.74, 6) is 0.736. The van der Waals surface area contributed by atoms with Crippen molar-refractivity contribution in [3.8, 4) is 10.4 Å². The molecule has 2 N–H and O–H groups in total. The van der Waals surface area contributed by atoms with Crippen molar-refractivity contribution in [2.45, 2.75) is 33.2 Å². The first-order valence-electron chi connectivity index (χ1n) is 9.34. The van der Waals surface area contributed by atoms with Gasteiger partial charge in [-0.15, -0.1) is 11.3 Å². The highest BCUT2D eigenvalue weighted by atomic mass is 32.1. The van der Waals surface area contributed by atoms with Crippen LogP contribution in [0.3, 0.4) is 0 Å². The maximum Gasteiger partial charge on any atom is 0.269 e. The number of anilines is 1. The van der Waals surface area contributed by atoms with Crippen LogP contribution in [0.15, 0.2) is 47.5 Å². The van der Waals surface area contributed by atoms with Crippen molar-refractivity contribution in [3.63, 3.8) is 0 Å². The summed E-state index contributed by atoms with van der Waals surface area (Å²) >= 11 is 1.63. The Morgan fingerprint density at radius 1 is 1.07 bits per heavy atom. The van der Waals surface area contributed by atoms with Gasteiger partial charge in [0.25, 0.3) is 5.56 Å². The molecule has 0 saturated heterocycles. The number of nitrogens with zero attached hydrogens (tertiary/aromatic N) is 3. The summed E-state index contributed by atoms with van der Waals surface area (Å²) in [5, 5.41) is 11.1. The minimum atomic E-state index is -0.151. The number of nitrogens with one attached hydrogen (secondary N) is 2. The van der Waals surface area contributed by atoms with Crippen molar-refractivity contribution in [1.29, 1.82) is 0 Å². The fraction of sp³-hybridized carbons (Fsp3) is 0.238. The van der Waals surface area contributed by atoms with Crippen molar-refractivity contribution >= 4 is 27.4 Å². The van der Waals surface area contributed by atoms with Gasteiger partial charge < -0.3 is 5.32 Å². The topological polar surface area (TPSA) is 83.6 Å². The number of hydrogen-bond acceptors (Lipinski definition) is 6. The molecular weight excluding hydrogens is 370 g/mol. The number of rotatable bonds is 6. The fourth-order valence-corrected chi connectivity index (χ4v) is 4.38. The Morgan fingerprint density at radius 2 is 1.89 bits per heavy atom. The zero-order valence-electron chi connectivity index (χ0n) is 15.8. The standard InChI is InChI=1S/C21H21N5OS/c1-3-14-16(20(27)26-25-17(14)4-2)11-22-19-15-10-18(13-8-6-5-7-9-13)28-21(15)24-12-23-19/h5-10,12H,3-4,11H2,1-2H3,(H,26,27)(H,22,23,24). The van der Waals surface area contributed by atoms with E-state index >= 15 is 0 Å². The first-order valence-corrected chi connectivity index (χ1v) is 10.2. The Bertz CT molecular complexity index is 1170. The molecule has 0 aliphatic carbocycles. The molecule has 3 heterocycles. The Labute approximate surface area is 166 Å². The average molecular weight is 392 g/mol. The van der Waals surface area contributed by atoms with Crippen LogP contribution in [0.1, 0.15) is 30.7 Å². The molecule has 0 fully saturated rings. The van der Waals surface area contributed by atoms with E-state index in [1.54, 1.807) is 17.7 Å². The molecule has 28 heavy (non-hydrogen) atoms. The molecule has 0 saturated carbocycles. The van der Waals surface area contributed by atoms with Crippen molar-refractivity contribution in [2.24, 2.45) is 0 Å². The largest absolute Gasteiger partial charge is 0.365 e. The molecule has 0 radical (unpaired) electrons. The van der Waals surface area contributed by atoms with Gasteiger partial charge in [0.15, 0.2) is 0 Å². The second-order valence-corrected chi connectivity index (χ2v) is 7.47. The molecule has 4 rings (SSSR count). The van der Waals surface area contributed by atoms with Gasteiger partial charge in [-0.3, -0.25) is 4.79 Å². The van der Waals surface area contributed by atoms with Gasteiger partial charge >= 0.3 is 0 Å². The van der Waals surface area contributed by atoms with Crippen LogP contribution in [0.2, 0.25) is 0 Å². The minimum Gasteiger partial charge on any atom is -0.365 e. The van der Waals surface area contributed by atoms with E-state index in [-0.39, 0.29) is 5.56 Å². The monoisotopic (exact) mass is 391 g/mol. The van der Waals surface area contributed by atoms with E-state index in [0.29, 0.717) is 6.54 Å². The second kappa shape index (κ2) is 7.90. The van der Waals surface area contributed by atoms with Gasteiger partial charge in [0.05, 0.1) is 11.1 Å². The van der Waals surface area contributed by atoms with Gasteiger partial charge in [-0.2, -0.15) is 5.10 Å². The first-order chi connectivity index (χ1) is 13.7. The molecule has 6 nitrogen and oxygen atoms in total. The van der Waals surface area contributed by atoms with Crippen molar-refractivity contribution in [3.05, 3.63) is 69.9 Å². The van der Waals surface area contributed by atoms with Crippen LogP contribution < -0.4 is 10.9 Å². The molecule has 142 valence electrons. The number of aryl methyl sites for hydroxylation is 1. The third-order valence-electron chi connectivity index (χ3n) is 4.79. The molecule has 0 amide bonds. The average Bonchev–Trinajstić information content (AvgIpc) is 3.18. The summed E-state index contributed by atoms with van der Waals surface area (Å²) in [5.41, 5.74) is 3.68. The van der Waals surface area contributed by atoms with E-state index in [9.17, 15) is 4.79 Å². The van der Waals surface area contributed by atoms with E-state index < -0.39 is 0 Å². The van der Waals surface area contributed by atoms with Gasteiger partial charge in [-0.05, 0) is 30.0 Å². The maximum absolute atomic E-state index is 12.4. The van der Waals surface area contributed by atoms with Crippen LogP contribution in [0.25, 0.3) is 20.7 Å². The highest BCUT2D eigenvalue weighted by Gasteiger charge is 2.14. The van der Waals surface area contributed by atoms with E-state index in [2.05, 4.69) is 43.7 Å². The molecule has 0 unspecified atom stereocenters. The predicted molar refractivity (Wildman–Crippen MR) is 114 cm³/mol. The first kappa shape index (κ1) is 18.3. The van der Waals surface area contributed by atoms with Gasteiger partial charge in [0.1, 0.15) is 17.0 Å². The molecule has 7 heteroatoms. The maximum atomic E-state index is 12.4. The minimum absolute atomic E-state index is 0.151. The fourth-order valence-electron chi connectivity index (χ4n) is 3.37. The van der Waals surface area contributed by atoms with Gasteiger partial charge in [0, 0.05) is 17.0 Å². The van der Waals surface area contributed by atoms with Crippen LogP contribution in [0, 0.1) is 0 Å². The van der Waals surface area contributed by atoms with Gasteiger partial charge in [-0.25, -0.2) is 15.1 Å². The zero-order valence-corrected chi connectivity index (χ0v) is 16.6. The van der Waals surface area contributed by atoms with Crippen LogP contribution in [-0.4, -0.2) is 20.2 Å². The second-order valence-electron chi connectivity index (χ2n) is 6.43. The van der Waals surface area contributed by atoms with Gasteiger partial charge in [-0.1, -0.05) is 44.2 Å². The molecule has 0 atom stereocenters. The third-order valence-corrected chi connectivity index (χ3v) is 5.88. The van der Waals surface area contributed by atoms with Crippen molar-refractivity contribution in [2.75, 3.05) is 5.32 Å². The van der Waals surface area contributed by atoms with Crippen LogP contribution >= 0.6 is 11.3 Å². The summed E-state index contributed by atoms with van der Waals surface area (Å²) in [7, 11) is 0. The molecule has 1 aromatic carbocycles. The number of hydrogen-bond donors (Lipinski definition) is 2. The Morgan fingerprint density at radius 3 is 2.64 bits per heavy atom. The number of fused-ring (bicyclic) bond motifs is 1. The Kier molecular flexibility index (Phi) is 5.16. The number of aromatic nitrogens is 4. The van der Waals surface area contributed by atoms with Crippen molar-refractivity contribution < 1.29 is 0 Å². The summed E-state index contributed by atoms with van der Waals surface area (Å²) in [4.78, 5) is 23.2. The van der Waals surface area contributed by atoms with E-state index in [1.165, 1.54) is 0 Å². The van der Waals surface area contributed by atoms with Crippen molar-refractivity contribution in [1.82, 2.24) is 20.2 Å². The SMILES string of the molecule is CCc1n[nH]c(=O)c(CNc2ncnc3sc(-c4ccccc4)cc23)c1CC. The highest BCUT2D eigenvalue weighted by molar-refractivity contribution is 7.21. The Hall–Kier alpha value is -3.06. The molecular formula is C21H21N5OS. The molecule has 4 aromatic rings. The summed E-state index contributed by atoms with van der Waals surface area (Å²) < 4.78 is 0. The lowest BCUT2D eigenvalue weighted by Gasteiger charge is -2.12. The smallest absolute Gasteiger partial charge is 0.269 e. The molecule has 0 aliphatic heterocycles. The van der Waals surface area contributed by atoms with E-state index in [1.807, 2.05) is 32.0 Å². The predicted octanol–water partition coefficient (Wildman–Crippen LogP) is 4.18. The molecule has 0 bridgehead atoms. The van der Waals surface area contributed by atoms with E-state index in [0.717, 1.165) is 56.1 Å². The molecule has 0 spiro atoms.